The number of primary amides is 1. The Morgan fingerprint density at radius 3 is 2.31 bits per heavy atom. The molecule has 72 valence electrons. The average Bonchev–Trinajstić information content (AvgIpc) is 1.78. The summed E-state index contributed by atoms with van der Waals surface area (Å²) in [6, 6.07) is 0. The lowest BCUT2D eigenvalue weighted by Gasteiger charge is -2.57. The van der Waals surface area contributed by atoms with Gasteiger partial charge >= 0.3 is 6.09 Å². The lowest BCUT2D eigenvalue weighted by atomic mass is 9.57. The van der Waals surface area contributed by atoms with Crippen LogP contribution in [0.25, 0.3) is 0 Å². The van der Waals surface area contributed by atoms with Crippen LogP contribution in [0.1, 0.15) is 12.8 Å². The maximum absolute atomic E-state index is 10.7. The summed E-state index contributed by atoms with van der Waals surface area (Å²) in [5.41, 5.74) is 5.22. The molecule has 5 nitrogen and oxygen atoms in total. The molecule has 2 amide bonds. The number of rotatable bonds is 1. The highest BCUT2D eigenvalue weighted by atomic mass is 16.4. The number of carboxylic acid groups (broad SMARTS) is 1. The van der Waals surface area contributed by atoms with Crippen molar-refractivity contribution in [2.45, 2.75) is 12.8 Å². The van der Waals surface area contributed by atoms with Crippen molar-refractivity contribution in [2.24, 2.45) is 17.1 Å². The van der Waals surface area contributed by atoms with Gasteiger partial charge in [-0.2, -0.15) is 0 Å². The minimum Gasteiger partial charge on any atom is -0.465 e. The molecule has 0 aromatic heterocycles. The Balaban J connectivity index is 1.82. The van der Waals surface area contributed by atoms with E-state index in [4.69, 9.17) is 10.8 Å². The standard InChI is InChI=1S/C8H12N2O3/c9-6(11)5-1-8(2-5)3-10(4-8)7(12)13/h5H,1-4H2,(H2,9,11)(H,12,13). The van der Waals surface area contributed by atoms with Crippen LogP contribution in [-0.4, -0.2) is 35.1 Å². The number of nitrogens with two attached hydrogens (primary N) is 1. The SMILES string of the molecule is NC(=O)C1CC2(C1)CN(C(=O)O)C2. The summed E-state index contributed by atoms with van der Waals surface area (Å²) in [4.78, 5) is 22.5. The Bertz CT molecular complexity index is 233. The molecule has 0 unspecified atom stereocenters. The predicted octanol–water partition coefficient (Wildman–Crippen LogP) is -0.138. The quantitative estimate of drug-likeness (QED) is 0.595. The molecule has 0 aromatic carbocycles. The molecule has 5 heteroatoms. The van der Waals surface area contributed by atoms with E-state index in [1.807, 2.05) is 0 Å². The molecule has 2 fully saturated rings. The highest BCUT2D eigenvalue weighted by Gasteiger charge is 2.55. The molecule has 1 saturated carbocycles. The van der Waals surface area contributed by atoms with Crippen LogP contribution in [0.3, 0.4) is 0 Å². The lowest BCUT2D eigenvalue weighted by molar-refractivity contribution is -0.138. The van der Waals surface area contributed by atoms with Crippen LogP contribution in [0.2, 0.25) is 0 Å². The van der Waals surface area contributed by atoms with Crippen LogP contribution in [-0.2, 0) is 4.79 Å². The molecule has 2 rings (SSSR count). The van der Waals surface area contributed by atoms with Gasteiger partial charge in [0.15, 0.2) is 0 Å². The normalized spacial score (nSPS) is 25.1. The smallest absolute Gasteiger partial charge is 0.407 e. The zero-order valence-electron chi connectivity index (χ0n) is 7.19. The van der Waals surface area contributed by atoms with E-state index < -0.39 is 6.09 Å². The molecular weight excluding hydrogens is 172 g/mol. The third-order valence-corrected chi connectivity index (χ3v) is 3.08. The van der Waals surface area contributed by atoms with Gasteiger partial charge in [0.2, 0.25) is 5.91 Å². The topological polar surface area (TPSA) is 83.6 Å². The zero-order chi connectivity index (χ0) is 9.64. The summed E-state index contributed by atoms with van der Waals surface area (Å²) in [6.07, 6.45) is 0.672. The van der Waals surface area contributed by atoms with E-state index in [1.54, 1.807) is 0 Å². The van der Waals surface area contributed by atoms with Crippen molar-refractivity contribution in [3.05, 3.63) is 0 Å². The van der Waals surface area contributed by atoms with Crippen molar-refractivity contribution in [3.63, 3.8) is 0 Å². The van der Waals surface area contributed by atoms with Gasteiger partial charge < -0.3 is 15.7 Å². The van der Waals surface area contributed by atoms with Crippen LogP contribution >= 0.6 is 0 Å². The second kappa shape index (κ2) is 2.37. The molecule has 1 spiro atoms. The minimum absolute atomic E-state index is 0.0176. The Hall–Kier alpha value is -1.26. The second-order valence-corrected chi connectivity index (χ2v) is 4.15. The molecule has 2 aliphatic rings. The summed E-state index contributed by atoms with van der Waals surface area (Å²) in [5.74, 6) is -0.268. The minimum atomic E-state index is -0.867. The highest BCUT2D eigenvalue weighted by Crippen LogP contribution is 2.51. The van der Waals surface area contributed by atoms with Crippen LogP contribution in [0, 0.1) is 11.3 Å². The third kappa shape index (κ3) is 1.15. The average molecular weight is 184 g/mol. The molecule has 1 heterocycles. The summed E-state index contributed by atoms with van der Waals surface area (Å²) in [7, 11) is 0. The van der Waals surface area contributed by atoms with Gasteiger partial charge in [-0.15, -0.1) is 0 Å². The Morgan fingerprint density at radius 1 is 1.38 bits per heavy atom. The largest absolute Gasteiger partial charge is 0.465 e. The van der Waals surface area contributed by atoms with Gasteiger partial charge in [-0.1, -0.05) is 0 Å². The number of carbonyl (C=O) groups is 2. The number of likely N-dealkylation sites (tertiary alicyclic amines) is 1. The molecule has 0 atom stereocenters. The van der Waals surface area contributed by atoms with E-state index in [0.29, 0.717) is 13.1 Å². The Kier molecular flexibility index (Phi) is 1.52. The first-order valence-corrected chi connectivity index (χ1v) is 4.30. The first kappa shape index (κ1) is 8.34. The van der Waals surface area contributed by atoms with E-state index in [1.165, 1.54) is 4.90 Å². The number of nitrogens with zero attached hydrogens (tertiary/aromatic N) is 1. The molecule has 13 heavy (non-hydrogen) atoms. The molecule has 3 N–H and O–H groups in total. The third-order valence-electron chi connectivity index (χ3n) is 3.08. The first-order valence-electron chi connectivity index (χ1n) is 4.30. The van der Waals surface area contributed by atoms with Gasteiger partial charge in [0, 0.05) is 24.4 Å². The van der Waals surface area contributed by atoms with Crippen molar-refractivity contribution in [3.8, 4) is 0 Å². The van der Waals surface area contributed by atoms with Crippen LogP contribution in [0.15, 0.2) is 0 Å². The maximum Gasteiger partial charge on any atom is 0.407 e. The molecular formula is C8H12N2O3. The molecule has 0 bridgehead atoms. The summed E-state index contributed by atoms with van der Waals surface area (Å²) >= 11 is 0. The van der Waals surface area contributed by atoms with E-state index >= 15 is 0 Å². The summed E-state index contributed by atoms with van der Waals surface area (Å²) in [6.45, 7) is 1.15. The fourth-order valence-corrected chi connectivity index (χ4v) is 2.34. The van der Waals surface area contributed by atoms with Crippen molar-refractivity contribution in [2.75, 3.05) is 13.1 Å². The molecule has 0 radical (unpaired) electrons. The Morgan fingerprint density at radius 2 is 1.92 bits per heavy atom. The van der Waals surface area contributed by atoms with Crippen molar-refractivity contribution < 1.29 is 14.7 Å². The monoisotopic (exact) mass is 184 g/mol. The number of hydrogen-bond donors (Lipinski definition) is 2. The van der Waals surface area contributed by atoms with E-state index in [-0.39, 0.29) is 17.2 Å². The lowest BCUT2D eigenvalue weighted by Crippen LogP contribution is -2.64. The van der Waals surface area contributed by atoms with E-state index in [9.17, 15) is 9.59 Å². The highest BCUT2D eigenvalue weighted by molar-refractivity contribution is 5.78. The van der Waals surface area contributed by atoms with Crippen LogP contribution < -0.4 is 5.73 Å². The van der Waals surface area contributed by atoms with Gasteiger partial charge in [-0.05, 0) is 12.8 Å². The predicted molar refractivity (Wildman–Crippen MR) is 43.9 cm³/mol. The fourth-order valence-electron chi connectivity index (χ4n) is 2.34. The van der Waals surface area contributed by atoms with Gasteiger partial charge in [-0.3, -0.25) is 4.79 Å². The van der Waals surface area contributed by atoms with Crippen molar-refractivity contribution in [1.82, 2.24) is 4.90 Å². The van der Waals surface area contributed by atoms with Crippen LogP contribution in [0.4, 0.5) is 4.79 Å². The molecule has 0 aromatic rings. The maximum atomic E-state index is 10.7. The molecule has 1 aliphatic carbocycles. The van der Waals surface area contributed by atoms with E-state index in [2.05, 4.69) is 0 Å². The van der Waals surface area contributed by atoms with Gasteiger partial charge in [0.25, 0.3) is 0 Å². The zero-order valence-corrected chi connectivity index (χ0v) is 7.19. The van der Waals surface area contributed by atoms with E-state index in [0.717, 1.165) is 12.8 Å². The second-order valence-electron chi connectivity index (χ2n) is 4.15. The number of carbonyl (C=O) groups excluding carboxylic acids is 1. The fraction of sp³-hybridized carbons (Fsp3) is 0.750. The molecule has 1 aliphatic heterocycles. The van der Waals surface area contributed by atoms with Crippen molar-refractivity contribution >= 4 is 12.0 Å². The van der Waals surface area contributed by atoms with Gasteiger partial charge in [0.1, 0.15) is 0 Å². The summed E-state index contributed by atoms with van der Waals surface area (Å²) in [5, 5.41) is 8.59. The summed E-state index contributed by atoms with van der Waals surface area (Å²) < 4.78 is 0. The van der Waals surface area contributed by atoms with Gasteiger partial charge in [-0.25, -0.2) is 4.79 Å². The Labute approximate surface area is 75.5 Å². The van der Waals surface area contributed by atoms with Gasteiger partial charge in [0.05, 0.1) is 0 Å². The van der Waals surface area contributed by atoms with Crippen molar-refractivity contribution in [1.29, 1.82) is 0 Å². The first-order chi connectivity index (χ1) is 6.02. The van der Waals surface area contributed by atoms with Crippen LogP contribution in [0.5, 0.6) is 0 Å². The number of amides is 2. The molecule has 1 saturated heterocycles. The number of hydrogen-bond acceptors (Lipinski definition) is 2.